The van der Waals surface area contributed by atoms with E-state index < -0.39 is 0 Å². The number of ether oxygens (including phenoxy) is 1. The van der Waals surface area contributed by atoms with E-state index in [1.807, 2.05) is 23.1 Å². The quantitative estimate of drug-likeness (QED) is 0.739. The summed E-state index contributed by atoms with van der Waals surface area (Å²) < 4.78 is 9.88. The Balaban J connectivity index is 1.72. The fourth-order valence-corrected chi connectivity index (χ4v) is 3.61. The lowest BCUT2D eigenvalue weighted by molar-refractivity contribution is 0.306. The highest BCUT2D eigenvalue weighted by atomic mass is 32.2. The zero-order valence-electron chi connectivity index (χ0n) is 13.0. The average molecular weight is 327 g/mol. The second-order valence-corrected chi connectivity index (χ2v) is 6.67. The number of nitrogens with zero attached hydrogens (tertiary/aromatic N) is 5. The lowest BCUT2D eigenvalue weighted by Gasteiger charge is -2.11. The minimum absolute atomic E-state index is 0.281. The monoisotopic (exact) mass is 327 g/mol. The molecule has 0 saturated heterocycles. The molecule has 7 heteroatoms. The third-order valence-corrected chi connectivity index (χ3v) is 4.70. The number of imidazole rings is 1. The molecule has 2 aromatic heterocycles. The average Bonchev–Trinajstić information content (AvgIpc) is 3.15. The van der Waals surface area contributed by atoms with Crippen LogP contribution in [0.4, 0.5) is 0 Å². The van der Waals surface area contributed by atoms with Crippen LogP contribution in [0.2, 0.25) is 0 Å². The standard InChI is InChI=1S/C16H17N5OS/c1-11(2)21-16(18-10-19-21)23-12-3-4-14-13(9-12)15-17-5-6-20(15)7-8-22-14/h3-6,9-11H,7-8H2,1-2H3. The molecule has 0 amide bonds. The minimum atomic E-state index is 0.281. The molecule has 0 radical (unpaired) electrons. The van der Waals surface area contributed by atoms with E-state index in [-0.39, 0.29) is 6.04 Å². The number of aromatic nitrogens is 5. The zero-order chi connectivity index (χ0) is 15.8. The van der Waals surface area contributed by atoms with E-state index in [0.29, 0.717) is 6.61 Å². The van der Waals surface area contributed by atoms with Crippen molar-refractivity contribution >= 4 is 11.8 Å². The van der Waals surface area contributed by atoms with E-state index in [1.54, 1.807) is 18.1 Å². The summed E-state index contributed by atoms with van der Waals surface area (Å²) in [6.45, 7) is 5.67. The maximum absolute atomic E-state index is 5.84. The molecule has 0 saturated carbocycles. The largest absolute Gasteiger partial charge is 0.491 e. The lowest BCUT2D eigenvalue weighted by atomic mass is 10.2. The molecule has 3 aromatic rings. The molecule has 0 aliphatic carbocycles. The second-order valence-electron chi connectivity index (χ2n) is 5.63. The zero-order valence-corrected chi connectivity index (χ0v) is 13.8. The van der Waals surface area contributed by atoms with Crippen LogP contribution >= 0.6 is 11.8 Å². The molecule has 0 N–H and O–H groups in total. The van der Waals surface area contributed by atoms with Gasteiger partial charge in [-0.25, -0.2) is 14.6 Å². The van der Waals surface area contributed by atoms with Crippen molar-refractivity contribution in [3.05, 3.63) is 36.9 Å². The Morgan fingerprint density at radius 3 is 3.04 bits per heavy atom. The smallest absolute Gasteiger partial charge is 0.191 e. The molecule has 3 heterocycles. The Morgan fingerprint density at radius 2 is 2.17 bits per heavy atom. The molecular formula is C16H17N5OS. The first kappa shape index (κ1) is 14.3. The summed E-state index contributed by atoms with van der Waals surface area (Å²) in [5.41, 5.74) is 1.02. The molecule has 0 bridgehead atoms. The van der Waals surface area contributed by atoms with Crippen LogP contribution in [0, 0.1) is 0 Å². The van der Waals surface area contributed by atoms with Gasteiger partial charge < -0.3 is 9.30 Å². The summed E-state index contributed by atoms with van der Waals surface area (Å²) in [6.07, 6.45) is 5.42. The third kappa shape index (κ3) is 2.61. The molecule has 0 spiro atoms. The topological polar surface area (TPSA) is 57.8 Å². The SMILES string of the molecule is CC(C)n1ncnc1Sc1ccc2c(c1)-c1nccn1CCO2. The predicted molar refractivity (Wildman–Crippen MR) is 87.7 cm³/mol. The van der Waals surface area contributed by atoms with Gasteiger partial charge in [0, 0.05) is 23.3 Å². The van der Waals surface area contributed by atoms with Crippen molar-refractivity contribution in [2.75, 3.05) is 6.61 Å². The highest BCUT2D eigenvalue weighted by Crippen LogP contribution is 2.36. The lowest BCUT2D eigenvalue weighted by Crippen LogP contribution is -2.04. The summed E-state index contributed by atoms with van der Waals surface area (Å²) in [6, 6.07) is 6.46. The molecule has 23 heavy (non-hydrogen) atoms. The molecule has 4 rings (SSSR count). The fourth-order valence-electron chi connectivity index (χ4n) is 2.63. The van der Waals surface area contributed by atoms with Crippen LogP contribution in [0.15, 0.2) is 47.0 Å². The highest BCUT2D eigenvalue weighted by Gasteiger charge is 2.18. The molecule has 0 atom stereocenters. The van der Waals surface area contributed by atoms with E-state index in [4.69, 9.17) is 4.74 Å². The van der Waals surface area contributed by atoms with Crippen LogP contribution < -0.4 is 4.74 Å². The van der Waals surface area contributed by atoms with E-state index in [1.165, 1.54) is 0 Å². The fraction of sp³-hybridized carbons (Fsp3) is 0.312. The third-order valence-electron chi connectivity index (χ3n) is 3.74. The van der Waals surface area contributed by atoms with Crippen LogP contribution in [0.1, 0.15) is 19.9 Å². The summed E-state index contributed by atoms with van der Waals surface area (Å²) >= 11 is 1.60. The van der Waals surface area contributed by atoms with Crippen LogP contribution in [-0.4, -0.2) is 30.9 Å². The molecule has 0 fully saturated rings. The van der Waals surface area contributed by atoms with Gasteiger partial charge in [-0.3, -0.25) is 0 Å². The van der Waals surface area contributed by atoms with Crippen LogP contribution in [0.5, 0.6) is 5.75 Å². The van der Waals surface area contributed by atoms with E-state index in [9.17, 15) is 0 Å². The molecule has 6 nitrogen and oxygen atoms in total. The van der Waals surface area contributed by atoms with E-state index in [2.05, 4.69) is 45.6 Å². The van der Waals surface area contributed by atoms with Crippen molar-refractivity contribution in [3.8, 4) is 17.1 Å². The molecule has 1 aliphatic rings. The predicted octanol–water partition coefficient (Wildman–Crippen LogP) is 3.27. The van der Waals surface area contributed by atoms with Gasteiger partial charge >= 0.3 is 0 Å². The first-order chi connectivity index (χ1) is 11.2. The van der Waals surface area contributed by atoms with Crippen molar-refractivity contribution in [3.63, 3.8) is 0 Å². The van der Waals surface area contributed by atoms with Gasteiger partial charge in [-0.1, -0.05) is 11.8 Å². The van der Waals surface area contributed by atoms with Gasteiger partial charge in [-0.05, 0) is 32.0 Å². The van der Waals surface area contributed by atoms with Crippen molar-refractivity contribution in [2.24, 2.45) is 0 Å². The number of hydrogen-bond donors (Lipinski definition) is 0. The molecule has 1 aliphatic heterocycles. The van der Waals surface area contributed by atoms with Crippen molar-refractivity contribution in [1.82, 2.24) is 24.3 Å². The van der Waals surface area contributed by atoms with Crippen LogP contribution in [-0.2, 0) is 6.54 Å². The summed E-state index contributed by atoms with van der Waals surface area (Å²) in [5, 5.41) is 5.17. The van der Waals surface area contributed by atoms with Gasteiger partial charge in [0.05, 0.1) is 12.1 Å². The second kappa shape index (κ2) is 5.73. The van der Waals surface area contributed by atoms with E-state index >= 15 is 0 Å². The summed E-state index contributed by atoms with van der Waals surface area (Å²) in [4.78, 5) is 9.94. The summed E-state index contributed by atoms with van der Waals surface area (Å²) in [7, 11) is 0. The first-order valence-electron chi connectivity index (χ1n) is 7.58. The number of hydrogen-bond acceptors (Lipinski definition) is 5. The maximum atomic E-state index is 5.84. The van der Waals surface area contributed by atoms with Gasteiger partial charge in [0.2, 0.25) is 0 Å². The van der Waals surface area contributed by atoms with Crippen molar-refractivity contribution < 1.29 is 4.74 Å². The van der Waals surface area contributed by atoms with Crippen molar-refractivity contribution in [1.29, 1.82) is 0 Å². The summed E-state index contributed by atoms with van der Waals surface area (Å²) in [5.74, 6) is 1.83. The normalized spacial score (nSPS) is 13.3. The van der Waals surface area contributed by atoms with Gasteiger partial charge in [0.1, 0.15) is 24.5 Å². The van der Waals surface area contributed by atoms with Crippen molar-refractivity contribution in [2.45, 2.75) is 36.5 Å². The van der Waals surface area contributed by atoms with Crippen LogP contribution in [0.3, 0.4) is 0 Å². The Hall–Kier alpha value is -2.28. The Morgan fingerprint density at radius 1 is 1.26 bits per heavy atom. The maximum Gasteiger partial charge on any atom is 0.191 e. The Kier molecular flexibility index (Phi) is 3.57. The number of fused-ring (bicyclic) bond motifs is 3. The molecule has 1 aromatic carbocycles. The van der Waals surface area contributed by atoms with Gasteiger partial charge in [0.15, 0.2) is 5.16 Å². The van der Waals surface area contributed by atoms with E-state index in [0.717, 1.165) is 33.7 Å². The number of benzene rings is 1. The van der Waals surface area contributed by atoms with Gasteiger partial charge in [-0.2, -0.15) is 5.10 Å². The van der Waals surface area contributed by atoms with Gasteiger partial charge in [0.25, 0.3) is 0 Å². The molecular weight excluding hydrogens is 310 g/mol. The number of rotatable bonds is 3. The molecule has 118 valence electrons. The minimum Gasteiger partial charge on any atom is -0.491 e. The Bertz CT molecular complexity index is 839. The van der Waals surface area contributed by atoms with Crippen LogP contribution in [0.25, 0.3) is 11.4 Å². The highest BCUT2D eigenvalue weighted by molar-refractivity contribution is 7.99. The first-order valence-corrected chi connectivity index (χ1v) is 8.40. The molecule has 0 unspecified atom stereocenters. The Labute approximate surface area is 138 Å². The van der Waals surface area contributed by atoms with Gasteiger partial charge in [-0.15, -0.1) is 0 Å².